The Morgan fingerprint density at radius 2 is 1.54 bits per heavy atom. The van der Waals surface area contributed by atoms with E-state index in [1.54, 1.807) is 0 Å². The third kappa shape index (κ3) is 5.31. The third-order valence-corrected chi connectivity index (χ3v) is 5.54. The Hall–Kier alpha value is -0.890. The number of rotatable bonds is 6. The maximum absolute atomic E-state index is 4.50. The van der Waals surface area contributed by atoms with Crippen molar-refractivity contribution in [3.63, 3.8) is 0 Å². The van der Waals surface area contributed by atoms with Gasteiger partial charge in [-0.25, -0.2) is 0 Å². The largest absolute Gasteiger partial charge is 0.348 e. The summed E-state index contributed by atoms with van der Waals surface area (Å²) in [4.78, 5) is 2.27. The fourth-order valence-corrected chi connectivity index (χ4v) is 3.69. The number of hydrogen-bond donors (Lipinski definition) is 1. The molecule has 2 heteroatoms. The van der Waals surface area contributed by atoms with Crippen molar-refractivity contribution in [2.24, 2.45) is 22.7 Å². The van der Waals surface area contributed by atoms with E-state index < -0.39 is 0 Å². The van der Waals surface area contributed by atoms with E-state index in [0.717, 1.165) is 12.2 Å². The molecule has 1 aromatic rings. The average Bonchev–Trinajstić information content (AvgIpc) is 2.45. The molecule has 1 nitrogen and oxygen atoms in total. The Bertz CT molecular complexity index is 531. The second-order valence-corrected chi connectivity index (χ2v) is 9.64. The molecule has 0 amide bonds. The zero-order chi connectivity index (χ0) is 18.7. The quantitative estimate of drug-likeness (QED) is 0.578. The summed E-state index contributed by atoms with van der Waals surface area (Å²) in [6, 6.07) is 8.81. The van der Waals surface area contributed by atoms with E-state index in [9.17, 15) is 0 Å². The number of aryl methyl sites for hydroxylation is 1. The van der Waals surface area contributed by atoms with Gasteiger partial charge in [0, 0.05) is 24.4 Å². The predicted octanol–water partition coefficient (Wildman–Crippen LogP) is 6.45. The highest BCUT2D eigenvalue weighted by Crippen LogP contribution is 2.45. The van der Waals surface area contributed by atoms with Crippen molar-refractivity contribution < 1.29 is 0 Å². The molecular weight excluding hydrogens is 310 g/mol. The second kappa shape index (κ2) is 7.99. The average molecular weight is 348 g/mol. The van der Waals surface area contributed by atoms with Crippen molar-refractivity contribution in [2.75, 3.05) is 17.7 Å². The fraction of sp³-hybridized carbons (Fsp3) is 0.636. The van der Waals surface area contributed by atoms with Gasteiger partial charge in [0.25, 0.3) is 0 Å². The lowest BCUT2D eigenvalue weighted by Gasteiger charge is -2.45. The summed E-state index contributed by atoms with van der Waals surface area (Å²) in [5.41, 5.74) is 4.16. The van der Waals surface area contributed by atoms with Crippen LogP contribution in [0.15, 0.2) is 36.5 Å². The number of thiol groups is 1. The van der Waals surface area contributed by atoms with Gasteiger partial charge in [-0.15, -0.1) is 0 Å². The molecule has 0 bridgehead atoms. The molecule has 0 saturated heterocycles. The monoisotopic (exact) mass is 347 g/mol. The lowest BCUT2D eigenvalue weighted by atomic mass is 9.64. The Morgan fingerprint density at radius 1 is 1.04 bits per heavy atom. The van der Waals surface area contributed by atoms with Crippen LogP contribution in [0.25, 0.3) is 0 Å². The third-order valence-electron chi connectivity index (χ3n) is 5.31. The number of nitrogens with zero attached hydrogens (tertiary/aromatic N) is 1. The molecule has 0 fully saturated rings. The maximum Gasteiger partial charge on any atom is 0.0405 e. The molecule has 1 rings (SSSR count). The zero-order valence-electron chi connectivity index (χ0n) is 17.0. The summed E-state index contributed by atoms with van der Waals surface area (Å²) < 4.78 is 0. The highest BCUT2D eigenvalue weighted by Gasteiger charge is 2.38. The van der Waals surface area contributed by atoms with Crippen LogP contribution in [0.5, 0.6) is 0 Å². The summed E-state index contributed by atoms with van der Waals surface area (Å²) in [5.74, 6) is 1.84. The van der Waals surface area contributed by atoms with Crippen LogP contribution in [0.1, 0.15) is 54.0 Å². The summed E-state index contributed by atoms with van der Waals surface area (Å²) >= 11 is 4.31. The SMILES string of the molecule is C=C(C(C(C)C(C)(C)C)C(C)(C)C)N(C)c1ccc(CCS)cc1. The van der Waals surface area contributed by atoms with Crippen LogP contribution >= 0.6 is 12.6 Å². The van der Waals surface area contributed by atoms with Crippen molar-refractivity contribution in [3.05, 3.63) is 42.1 Å². The topological polar surface area (TPSA) is 3.24 Å². The van der Waals surface area contributed by atoms with Gasteiger partial charge in [-0.05, 0) is 46.6 Å². The predicted molar refractivity (Wildman–Crippen MR) is 113 cm³/mol. The summed E-state index contributed by atoms with van der Waals surface area (Å²) in [6.45, 7) is 20.8. The van der Waals surface area contributed by atoms with Crippen molar-refractivity contribution >= 4 is 18.3 Å². The van der Waals surface area contributed by atoms with Gasteiger partial charge in [0.1, 0.15) is 0 Å². The molecule has 136 valence electrons. The van der Waals surface area contributed by atoms with Crippen molar-refractivity contribution in [2.45, 2.75) is 54.9 Å². The molecule has 2 atom stereocenters. The molecule has 0 spiro atoms. The van der Waals surface area contributed by atoms with Gasteiger partial charge in [-0.1, -0.05) is 67.2 Å². The minimum absolute atomic E-state index is 0.171. The first-order valence-electron chi connectivity index (χ1n) is 9.02. The standard InChI is InChI=1S/C22H37NS/c1-16(21(3,4)5)20(22(6,7)8)17(2)23(9)19-12-10-18(11-13-19)14-15-24/h10-13,16,20,24H,2,14-15H2,1,3-9H3. The van der Waals surface area contributed by atoms with Crippen LogP contribution in [0, 0.1) is 22.7 Å². The zero-order valence-corrected chi connectivity index (χ0v) is 17.9. The lowest BCUT2D eigenvalue weighted by molar-refractivity contribution is 0.111. The first kappa shape index (κ1) is 21.2. The number of benzene rings is 1. The van der Waals surface area contributed by atoms with Crippen LogP contribution in [0.2, 0.25) is 0 Å². The van der Waals surface area contributed by atoms with E-state index in [-0.39, 0.29) is 10.8 Å². The first-order valence-corrected chi connectivity index (χ1v) is 9.65. The highest BCUT2D eigenvalue weighted by atomic mass is 32.1. The molecule has 1 aromatic carbocycles. The molecule has 0 aliphatic carbocycles. The molecule has 0 N–H and O–H groups in total. The number of anilines is 1. The van der Waals surface area contributed by atoms with E-state index in [1.807, 2.05) is 0 Å². The van der Waals surface area contributed by atoms with Gasteiger partial charge in [0.05, 0.1) is 0 Å². The van der Waals surface area contributed by atoms with Crippen LogP contribution in [-0.4, -0.2) is 12.8 Å². The van der Waals surface area contributed by atoms with Gasteiger partial charge >= 0.3 is 0 Å². The normalized spacial score (nSPS) is 15.0. The number of allylic oxidation sites excluding steroid dienone is 1. The molecule has 0 saturated carbocycles. The van der Waals surface area contributed by atoms with Gasteiger partial charge < -0.3 is 4.90 Å². The highest BCUT2D eigenvalue weighted by molar-refractivity contribution is 7.80. The minimum atomic E-state index is 0.171. The van der Waals surface area contributed by atoms with E-state index in [0.29, 0.717) is 11.8 Å². The van der Waals surface area contributed by atoms with Gasteiger partial charge in [-0.3, -0.25) is 0 Å². The molecule has 0 aromatic heterocycles. The van der Waals surface area contributed by atoms with E-state index in [2.05, 4.69) is 104 Å². The van der Waals surface area contributed by atoms with Gasteiger partial charge in [0.15, 0.2) is 0 Å². The van der Waals surface area contributed by atoms with Crippen LogP contribution in [-0.2, 0) is 6.42 Å². The van der Waals surface area contributed by atoms with Crippen molar-refractivity contribution in [1.82, 2.24) is 0 Å². The van der Waals surface area contributed by atoms with E-state index in [1.165, 1.54) is 16.9 Å². The summed E-state index contributed by atoms with van der Waals surface area (Å²) in [5, 5.41) is 0. The molecule has 0 aliphatic rings. The Kier molecular flexibility index (Phi) is 7.04. The van der Waals surface area contributed by atoms with Crippen molar-refractivity contribution in [3.8, 4) is 0 Å². The summed E-state index contributed by atoms with van der Waals surface area (Å²) in [7, 11) is 2.14. The molecular formula is C22H37NS. The van der Waals surface area contributed by atoms with Gasteiger partial charge in [-0.2, -0.15) is 12.6 Å². The first-order chi connectivity index (χ1) is 10.9. The molecule has 0 aliphatic heterocycles. The Morgan fingerprint density at radius 3 is 1.92 bits per heavy atom. The lowest BCUT2D eigenvalue weighted by Crippen LogP contribution is -2.39. The molecule has 2 unspecified atom stereocenters. The van der Waals surface area contributed by atoms with Crippen molar-refractivity contribution in [1.29, 1.82) is 0 Å². The minimum Gasteiger partial charge on any atom is -0.348 e. The second-order valence-electron chi connectivity index (χ2n) is 9.19. The Balaban J connectivity index is 3.09. The van der Waals surface area contributed by atoms with E-state index in [4.69, 9.17) is 0 Å². The van der Waals surface area contributed by atoms with E-state index >= 15 is 0 Å². The Labute approximate surface area is 155 Å². The maximum atomic E-state index is 4.50. The van der Waals surface area contributed by atoms with Crippen LogP contribution in [0.4, 0.5) is 5.69 Å². The fourth-order valence-electron chi connectivity index (χ4n) is 3.43. The van der Waals surface area contributed by atoms with Crippen LogP contribution < -0.4 is 4.90 Å². The smallest absolute Gasteiger partial charge is 0.0405 e. The molecule has 0 heterocycles. The van der Waals surface area contributed by atoms with Gasteiger partial charge in [0.2, 0.25) is 0 Å². The van der Waals surface area contributed by atoms with Crippen LogP contribution in [0.3, 0.4) is 0 Å². The number of hydrogen-bond acceptors (Lipinski definition) is 2. The molecule has 0 radical (unpaired) electrons. The molecule has 24 heavy (non-hydrogen) atoms. The summed E-state index contributed by atoms with van der Waals surface area (Å²) in [6.07, 6.45) is 1.01.